The second-order valence-electron chi connectivity index (χ2n) is 6.26. The maximum atomic E-state index is 5.45. The van der Waals surface area contributed by atoms with Crippen LogP contribution in [0.3, 0.4) is 0 Å². The highest BCUT2D eigenvalue weighted by atomic mass is 16.5. The number of anilines is 1. The highest BCUT2D eigenvalue weighted by molar-refractivity contribution is 5.87. The van der Waals surface area contributed by atoms with E-state index in [0.717, 1.165) is 25.6 Å². The van der Waals surface area contributed by atoms with Gasteiger partial charge in [-0.15, -0.1) is 0 Å². The molecule has 0 bridgehead atoms. The number of imidazole rings is 1. The van der Waals surface area contributed by atoms with Gasteiger partial charge in [-0.1, -0.05) is 0 Å². The number of rotatable bonds is 5. The molecule has 0 aromatic carbocycles. The van der Waals surface area contributed by atoms with Crippen molar-refractivity contribution in [2.45, 2.75) is 26.1 Å². The first-order chi connectivity index (χ1) is 13.2. The number of guanidine groups is 1. The maximum Gasteiger partial charge on any atom is 0.225 e. The van der Waals surface area contributed by atoms with Crippen LogP contribution in [-0.4, -0.2) is 76.0 Å². The number of methoxy groups -OCH3 is 1. The van der Waals surface area contributed by atoms with Gasteiger partial charge in [0.05, 0.1) is 19.0 Å². The van der Waals surface area contributed by atoms with Crippen LogP contribution in [0.25, 0.3) is 0 Å². The maximum absolute atomic E-state index is 5.45. The van der Waals surface area contributed by atoms with Crippen LogP contribution >= 0.6 is 0 Å². The molecule has 1 saturated heterocycles. The molecular weight excluding hydrogens is 344 g/mol. The normalized spacial score (nSPS) is 19.7. The standard InChI is InChI=1S/C18H26N8O/c1-4-20-18(23-15(2)25-9-8-19-14-25)24-10-11-26(16(12-24)13-27-3)17-21-6-5-7-22-17/h4-9,14-16H,10-13H2,1-3H3/b20-4-,23-18+/t15?,16-/m1/s1. The van der Waals surface area contributed by atoms with Crippen molar-refractivity contribution in [1.29, 1.82) is 0 Å². The average Bonchev–Trinajstić information content (AvgIpc) is 3.23. The Bertz CT molecular complexity index is 746. The fraction of sp³-hybridized carbons (Fsp3) is 0.500. The summed E-state index contributed by atoms with van der Waals surface area (Å²) in [5.74, 6) is 1.44. The van der Waals surface area contributed by atoms with Crippen molar-refractivity contribution in [3.63, 3.8) is 0 Å². The summed E-state index contributed by atoms with van der Waals surface area (Å²) in [7, 11) is 1.71. The van der Waals surface area contributed by atoms with Crippen molar-refractivity contribution < 1.29 is 4.74 Å². The van der Waals surface area contributed by atoms with E-state index in [4.69, 9.17) is 9.73 Å². The first kappa shape index (κ1) is 19.0. The number of ether oxygens (including phenoxy) is 1. The third kappa shape index (κ3) is 4.68. The first-order valence-corrected chi connectivity index (χ1v) is 9.04. The van der Waals surface area contributed by atoms with Gasteiger partial charge in [-0.2, -0.15) is 0 Å². The zero-order chi connectivity index (χ0) is 19.1. The molecular formula is C18H26N8O. The van der Waals surface area contributed by atoms with E-state index in [2.05, 4.69) is 29.7 Å². The van der Waals surface area contributed by atoms with E-state index in [1.807, 2.05) is 30.7 Å². The number of aliphatic imine (C=N–C) groups is 2. The minimum absolute atomic E-state index is 0.0810. The quantitative estimate of drug-likeness (QED) is 0.585. The van der Waals surface area contributed by atoms with Crippen LogP contribution in [0.4, 0.5) is 5.95 Å². The predicted molar refractivity (Wildman–Crippen MR) is 105 cm³/mol. The smallest absolute Gasteiger partial charge is 0.225 e. The lowest BCUT2D eigenvalue weighted by Crippen LogP contribution is -2.56. The van der Waals surface area contributed by atoms with Gasteiger partial charge in [0.2, 0.25) is 11.9 Å². The van der Waals surface area contributed by atoms with Gasteiger partial charge in [0.15, 0.2) is 0 Å². The molecule has 2 aromatic rings. The third-order valence-electron chi connectivity index (χ3n) is 4.44. The summed E-state index contributed by atoms with van der Waals surface area (Å²) in [5.41, 5.74) is 0. The number of aromatic nitrogens is 4. The molecule has 2 atom stereocenters. The summed E-state index contributed by atoms with van der Waals surface area (Å²) in [6.07, 6.45) is 10.6. The Hall–Kier alpha value is -2.81. The molecule has 1 fully saturated rings. The van der Waals surface area contributed by atoms with Gasteiger partial charge < -0.3 is 19.1 Å². The second-order valence-corrected chi connectivity index (χ2v) is 6.26. The minimum Gasteiger partial charge on any atom is -0.382 e. The summed E-state index contributed by atoms with van der Waals surface area (Å²) in [6, 6.07) is 1.94. The van der Waals surface area contributed by atoms with Gasteiger partial charge in [0.1, 0.15) is 6.17 Å². The third-order valence-corrected chi connectivity index (χ3v) is 4.44. The van der Waals surface area contributed by atoms with Gasteiger partial charge in [0.25, 0.3) is 0 Å². The minimum atomic E-state index is -0.0810. The van der Waals surface area contributed by atoms with E-state index in [1.165, 1.54) is 0 Å². The molecule has 2 aromatic heterocycles. The molecule has 0 saturated carbocycles. The molecule has 3 heterocycles. The Labute approximate surface area is 159 Å². The summed E-state index contributed by atoms with van der Waals surface area (Å²) >= 11 is 0. The van der Waals surface area contributed by atoms with Crippen molar-refractivity contribution in [2.24, 2.45) is 9.98 Å². The molecule has 27 heavy (non-hydrogen) atoms. The van der Waals surface area contributed by atoms with E-state index in [0.29, 0.717) is 12.6 Å². The van der Waals surface area contributed by atoms with E-state index in [1.54, 1.807) is 38.2 Å². The Morgan fingerprint density at radius 3 is 2.81 bits per heavy atom. The van der Waals surface area contributed by atoms with Gasteiger partial charge in [-0.3, -0.25) is 0 Å². The lowest BCUT2D eigenvalue weighted by Gasteiger charge is -2.41. The molecule has 1 unspecified atom stereocenters. The van der Waals surface area contributed by atoms with Crippen LogP contribution in [-0.2, 0) is 4.74 Å². The molecule has 0 N–H and O–H groups in total. The van der Waals surface area contributed by atoms with E-state index >= 15 is 0 Å². The fourth-order valence-corrected chi connectivity index (χ4v) is 3.11. The summed E-state index contributed by atoms with van der Waals surface area (Å²) in [6.45, 7) is 6.79. The van der Waals surface area contributed by atoms with Crippen LogP contribution in [0.2, 0.25) is 0 Å². The summed E-state index contributed by atoms with van der Waals surface area (Å²) in [4.78, 5) is 26.6. The Morgan fingerprint density at radius 2 is 2.15 bits per heavy atom. The van der Waals surface area contributed by atoms with Crippen molar-refractivity contribution in [3.8, 4) is 0 Å². The number of piperazine rings is 1. The van der Waals surface area contributed by atoms with Crippen LogP contribution in [0.1, 0.15) is 20.0 Å². The molecule has 0 aliphatic carbocycles. The van der Waals surface area contributed by atoms with Gasteiger partial charge in [-0.25, -0.2) is 24.9 Å². The highest BCUT2D eigenvalue weighted by Gasteiger charge is 2.30. The zero-order valence-corrected chi connectivity index (χ0v) is 16.0. The van der Waals surface area contributed by atoms with Crippen LogP contribution in [0.15, 0.2) is 47.2 Å². The highest BCUT2D eigenvalue weighted by Crippen LogP contribution is 2.18. The SMILES string of the molecule is C/C=N\C(=N/C(C)n1ccnc1)N1CCN(c2ncccn2)[C@@H](COC)C1. The van der Waals surface area contributed by atoms with Gasteiger partial charge in [-0.05, 0) is 19.9 Å². The van der Waals surface area contributed by atoms with Gasteiger partial charge >= 0.3 is 0 Å². The Kier molecular flexibility index (Phi) is 6.48. The van der Waals surface area contributed by atoms with Crippen molar-refractivity contribution in [2.75, 3.05) is 38.3 Å². The first-order valence-electron chi connectivity index (χ1n) is 9.04. The topological polar surface area (TPSA) is 84.0 Å². The molecule has 3 rings (SSSR count). The Balaban J connectivity index is 1.79. The average molecular weight is 370 g/mol. The molecule has 144 valence electrons. The summed E-state index contributed by atoms with van der Waals surface area (Å²) in [5, 5.41) is 0. The molecule has 1 aliphatic heterocycles. The number of hydrogen-bond donors (Lipinski definition) is 0. The summed E-state index contributed by atoms with van der Waals surface area (Å²) < 4.78 is 7.40. The Morgan fingerprint density at radius 1 is 1.33 bits per heavy atom. The number of nitrogens with zero attached hydrogens (tertiary/aromatic N) is 8. The van der Waals surface area contributed by atoms with Crippen molar-refractivity contribution >= 4 is 18.1 Å². The molecule has 0 spiro atoms. The molecule has 1 aliphatic rings. The van der Waals surface area contributed by atoms with E-state index in [9.17, 15) is 0 Å². The second kappa shape index (κ2) is 9.22. The lowest BCUT2D eigenvalue weighted by atomic mass is 10.2. The van der Waals surface area contributed by atoms with Crippen LogP contribution in [0.5, 0.6) is 0 Å². The molecule has 0 radical (unpaired) electrons. The number of hydrogen-bond acceptors (Lipinski definition) is 6. The predicted octanol–water partition coefficient (Wildman–Crippen LogP) is 1.48. The largest absolute Gasteiger partial charge is 0.382 e. The fourth-order valence-electron chi connectivity index (χ4n) is 3.11. The molecule has 9 nitrogen and oxygen atoms in total. The van der Waals surface area contributed by atoms with E-state index in [-0.39, 0.29) is 12.2 Å². The van der Waals surface area contributed by atoms with Crippen LogP contribution < -0.4 is 4.90 Å². The molecule has 0 amide bonds. The lowest BCUT2D eigenvalue weighted by molar-refractivity contribution is 0.153. The van der Waals surface area contributed by atoms with Crippen LogP contribution in [0, 0.1) is 0 Å². The van der Waals surface area contributed by atoms with E-state index < -0.39 is 0 Å². The van der Waals surface area contributed by atoms with Crippen molar-refractivity contribution in [3.05, 3.63) is 37.2 Å². The zero-order valence-electron chi connectivity index (χ0n) is 16.0. The molecule has 9 heteroatoms. The van der Waals surface area contributed by atoms with Crippen molar-refractivity contribution in [1.82, 2.24) is 24.4 Å². The monoisotopic (exact) mass is 370 g/mol. The van der Waals surface area contributed by atoms with Gasteiger partial charge in [0, 0.05) is 57.7 Å².